The summed E-state index contributed by atoms with van der Waals surface area (Å²) in [4.78, 5) is 38.5. The van der Waals surface area contributed by atoms with E-state index in [1.165, 1.54) is 6.92 Å². The van der Waals surface area contributed by atoms with Crippen LogP contribution in [-0.2, 0) is 9.59 Å². The van der Waals surface area contributed by atoms with E-state index in [2.05, 4.69) is 10.6 Å². The van der Waals surface area contributed by atoms with Gasteiger partial charge in [0.1, 0.15) is 11.8 Å². The Morgan fingerprint density at radius 2 is 1.79 bits per heavy atom. The van der Waals surface area contributed by atoms with Gasteiger partial charge in [-0.3, -0.25) is 14.4 Å². The van der Waals surface area contributed by atoms with Crippen molar-refractivity contribution >= 4 is 29.1 Å². The maximum atomic E-state index is 13.0. The largest absolute Gasteiger partial charge is 0.497 e. The first-order valence-corrected chi connectivity index (χ1v) is 9.11. The lowest BCUT2D eigenvalue weighted by molar-refractivity contribution is -0.119. The summed E-state index contributed by atoms with van der Waals surface area (Å²) < 4.78 is 5.11. The SMILES string of the molecule is COc1ccc(NC(=O)C2CCCN2C(=O)c2cccc(NC(C)=O)c2)cc1. The number of rotatable bonds is 5. The molecular formula is C21H23N3O4. The Bertz CT molecular complexity index is 879. The van der Waals surface area contributed by atoms with Gasteiger partial charge < -0.3 is 20.3 Å². The van der Waals surface area contributed by atoms with Gasteiger partial charge >= 0.3 is 0 Å². The van der Waals surface area contributed by atoms with Gasteiger partial charge in [0.05, 0.1) is 7.11 Å². The molecule has 0 aromatic heterocycles. The molecular weight excluding hydrogens is 358 g/mol. The number of benzene rings is 2. The van der Waals surface area contributed by atoms with Gasteiger partial charge in [0.2, 0.25) is 11.8 Å². The minimum Gasteiger partial charge on any atom is -0.497 e. The maximum absolute atomic E-state index is 13.0. The van der Waals surface area contributed by atoms with E-state index in [1.54, 1.807) is 60.5 Å². The lowest BCUT2D eigenvalue weighted by Gasteiger charge is -2.24. The van der Waals surface area contributed by atoms with Crippen LogP contribution in [0.5, 0.6) is 5.75 Å². The topological polar surface area (TPSA) is 87.7 Å². The van der Waals surface area contributed by atoms with Crippen molar-refractivity contribution in [3.05, 3.63) is 54.1 Å². The molecule has 1 aliphatic rings. The van der Waals surface area contributed by atoms with Gasteiger partial charge in [0.25, 0.3) is 5.91 Å². The first kappa shape index (κ1) is 19.4. The number of amides is 3. The van der Waals surface area contributed by atoms with E-state index < -0.39 is 6.04 Å². The summed E-state index contributed by atoms with van der Waals surface area (Å²) in [6.07, 6.45) is 1.37. The molecule has 7 heteroatoms. The highest BCUT2D eigenvalue weighted by Crippen LogP contribution is 2.23. The molecule has 0 radical (unpaired) electrons. The Balaban J connectivity index is 1.71. The summed E-state index contributed by atoms with van der Waals surface area (Å²) in [5.74, 6) is 0.0610. The van der Waals surface area contributed by atoms with Gasteiger partial charge in [0.15, 0.2) is 0 Å². The van der Waals surface area contributed by atoms with E-state index >= 15 is 0 Å². The molecule has 146 valence electrons. The Hall–Kier alpha value is -3.35. The molecule has 1 heterocycles. The molecule has 1 fully saturated rings. The summed E-state index contributed by atoms with van der Waals surface area (Å²) in [5, 5.41) is 5.53. The zero-order valence-electron chi connectivity index (χ0n) is 15.9. The van der Waals surface area contributed by atoms with E-state index in [9.17, 15) is 14.4 Å². The Morgan fingerprint density at radius 3 is 2.46 bits per heavy atom. The van der Waals surface area contributed by atoms with Crippen molar-refractivity contribution in [2.24, 2.45) is 0 Å². The van der Waals surface area contributed by atoms with Crippen molar-refractivity contribution in [3.63, 3.8) is 0 Å². The molecule has 2 aromatic carbocycles. The number of ether oxygens (including phenoxy) is 1. The van der Waals surface area contributed by atoms with Gasteiger partial charge in [-0.15, -0.1) is 0 Å². The molecule has 0 saturated carbocycles. The molecule has 1 saturated heterocycles. The predicted molar refractivity (Wildman–Crippen MR) is 106 cm³/mol. The van der Waals surface area contributed by atoms with Gasteiger partial charge in [-0.2, -0.15) is 0 Å². The summed E-state index contributed by atoms with van der Waals surface area (Å²) in [6.45, 7) is 1.93. The molecule has 0 aliphatic carbocycles. The minimum atomic E-state index is -0.529. The molecule has 2 N–H and O–H groups in total. The fraction of sp³-hybridized carbons (Fsp3) is 0.286. The summed E-state index contributed by atoms with van der Waals surface area (Å²) in [7, 11) is 1.58. The van der Waals surface area contributed by atoms with Crippen LogP contribution in [0.25, 0.3) is 0 Å². The summed E-state index contributed by atoms with van der Waals surface area (Å²) in [6, 6.07) is 13.3. The third kappa shape index (κ3) is 4.49. The summed E-state index contributed by atoms with van der Waals surface area (Å²) >= 11 is 0. The number of hydrogen-bond acceptors (Lipinski definition) is 4. The van der Waals surface area contributed by atoms with E-state index in [0.29, 0.717) is 35.7 Å². The maximum Gasteiger partial charge on any atom is 0.254 e. The number of nitrogens with zero attached hydrogens (tertiary/aromatic N) is 1. The second-order valence-electron chi connectivity index (χ2n) is 6.64. The molecule has 3 rings (SSSR count). The minimum absolute atomic E-state index is 0.206. The number of anilines is 2. The molecule has 0 bridgehead atoms. The van der Waals surface area contributed by atoms with Crippen molar-refractivity contribution in [2.75, 3.05) is 24.3 Å². The van der Waals surface area contributed by atoms with E-state index in [0.717, 1.165) is 6.42 Å². The number of methoxy groups -OCH3 is 1. The van der Waals surface area contributed by atoms with Crippen LogP contribution in [0.1, 0.15) is 30.1 Å². The van der Waals surface area contributed by atoms with Crippen molar-refractivity contribution in [1.82, 2.24) is 4.90 Å². The van der Waals surface area contributed by atoms with Crippen molar-refractivity contribution < 1.29 is 19.1 Å². The fourth-order valence-corrected chi connectivity index (χ4v) is 3.28. The molecule has 1 aliphatic heterocycles. The first-order valence-electron chi connectivity index (χ1n) is 9.11. The van der Waals surface area contributed by atoms with Crippen LogP contribution in [0.4, 0.5) is 11.4 Å². The predicted octanol–water partition coefficient (Wildman–Crippen LogP) is 2.90. The van der Waals surface area contributed by atoms with Crippen molar-refractivity contribution in [3.8, 4) is 5.75 Å². The molecule has 1 atom stereocenters. The fourth-order valence-electron chi connectivity index (χ4n) is 3.28. The molecule has 3 amide bonds. The number of likely N-dealkylation sites (tertiary alicyclic amines) is 1. The monoisotopic (exact) mass is 381 g/mol. The Labute approximate surface area is 163 Å². The highest BCUT2D eigenvalue weighted by molar-refractivity contribution is 6.02. The molecule has 0 spiro atoms. The molecule has 28 heavy (non-hydrogen) atoms. The van der Waals surface area contributed by atoms with Gasteiger partial charge in [-0.05, 0) is 55.3 Å². The van der Waals surface area contributed by atoms with Gasteiger partial charge in [0, 0.05) is 30.4 Å². The van der Waals surface area contributed by atoms with Crippen LogP contribution >= 0.6 is 0 Å². The normalized spacial score (nSPS) is 15.8. The van der Waals surface area contributed by atoms with Gasteiger partial charge in [-0.1, -0.05) is 6.07 Å². The quantitative estimate of drug-likeness (QED) is 0.834. The molecule has 1 unspecified atom stereocenters. The number of nitrogens with one attached hydrogen (secondary N) is 2. The Morgan fingerprint density at radius 1 is 1.04 bits per heavy atom. The van der Waals surface area contributed by atoms with E-state index in [-0.39, 0.29) is 17.7 Å². The Kier molecular flexibility index (Phi) is 5.93. The van der Waals surface area contributed by atoms with Gasteiger partial charge in [-0.25, -0.2) is 0 Å². The molecule has 7 nitrogen and oxygen atoms in total. The zero-order chi connectivity index (χ0) is 20.1. The van der Waals surface area contributed by atoms with Crippen LogP contribution in [0, 0.1) is 0 Å². The zero-order valence-corrected chi connectivity index (χ0v) is 15.9. The second-order valence-corrected chi connectivity index (χ2v) is 6.64. The number of hydrogen-bond donors (Lipinski definition) is 2. The second kappa shape index (κ2) is 8.56. The number of carbonyl (C=O) groups excluding carboxylic acids is 3. The smallest absolute Gasteiger partial charge is 0.254 e. The molecule has 2 aromatic rings. The first-order chi connectivity index (χ1) is 13.5. The van der Waals surface area contributed by atoms with E-state index in [1.807, 2.05) is 0 Å². The highest BCUT2D eigenvalue weighted by Gasteiger charge is 2.34. The van der Waals surface area contributed by atoms with Crippen LogP contribution in [0.15, 0.2) is 48.5 Å². The van der Waals surface area contributed by atoms with Crippen LogP contribution in [0.2, 0.25) is 0 Å². The van der Waals surface area contributed by atoms with Crippen LogP contribution < -0.4 is 15.4 Å². The third-order valence-electron chi connectivity index (χ3n) is 4.60. The average Bonchev–Trinajstić information content (AvgIpc) is 3.17. The van der Waals surface area contributed by atoms with Crippen LogP contribution in [0.3, 0.4) is 0 Å². The third-order valence-corrected chi connectivity index (χ3v) is 4.60. The van der Waals surface area contributed by atoms with Crippen molar-refractivity contribution in [2.45, 2.75) is 25.8 Å². The number of carbonyl (C=O) groups is 3. The van der Waals surface area contributed by atoms with Crippen LogP contribution in [-0.4, -0.2) is 42.3 Å². The van der Waals surface area contributed by atoms with E-state index in [4.69, 9.17) is 4.74 Å². The lowest BCUT2D eigenvalue weighted by Crippen LogP contribution is -2.43. The van der Waals surface area contributed by atoms with Crippen molar-refractivity contribution in [1.29, 1.82) is 0 Å². The lowest BCUT2D eigenvalue weighted by atomic mass is 10.1. The highest BCUT2D eigenvalue weighted by atomic mass is 16.5. The average molecular weight is 381 g/mol. The standard InChI is InChI=1S/C21H23N3O4/c1-14(25)22-17-6-3-5-15(13-17)21(27)24-12-4-7-19(24)20(26)23-16-8-10-18(28-2)11-9-16/h3,5-6,8-11,13,19H,4,7,12H2,1-2H3,(H,22,25)(H,23,26). The summed E-state index contributed by atoms with van der Waals surface area (Å²) in [5.41, 5.74) is 1.64.